The smallest absolute Gasteiger partial charge is 0.145 e. The van der Waals surface area contributed by atoms with Gasteiger partial charge in [-0.3, -0.25) is 0 Å². The van der Waals surface area contributed by atoms with Crippen molar-refractivity contribution in [1.29, 1.82) is 0 Å². The number of aromatic nitrogens is 2. The summed E-state index contributed by atoms with van der Waals surface area (Å²) in [5, 5.41) is 5.05. The number of hydrogen-bond acceptors (Lipinski definition) is 6. The van der Waals surface area contributed by atoms with Crippen molar-refractivity contribution in [2.45, 2.75) is 18.9 Å². The molecule has 0 bridgehead atoms. The van der Waals surface area contributed by atoms with Crippen LogP contribution in [0.3, 0.4) is 0 Å². The normalized spacial score (nSPS) is 15.4. The molecular formula is C21H22Cl2N4O2. The van der Waals surface area contributed by atoms with Crippen LogP contribution < -0.4 is 14.8 Å². The second-order valence-corrected chi connectivity index (χ2v) is 7.90. The van der Waals surface area contributed by atoms with Gasteiger partial charge in [-0.25, -0.2) is 9.97 Å². The summed E-state index contributed by atoms with van der Waals surface area (Å²) < 4.78 is 11.9. The molecule has 0 saturated carbocycles. The maximum atomic E-state index is 6.41. The highest BCUT2D eigenvalue weighted by atomic mass is 35.5. The number of halogens is 2. The molecule has 2 heterocycles. The number of likely N-dealkylation sites (tertiary alicyclic amines) is 1. The predicted molar refractivity (Wildman–Crippen MR) is 117 cm³/mol. The number of methoxy groups -OCH3 is 1. The maximum Gasteiger partial charge on any atom is 0.145 e. The third-order valence-electron chi connectivity index (χ3n) is 5.08. The zero-order chi connectivity index (χ0) is 20.4. The van der Waals surface area contributed by atoms with Crippen molar-refractivity contribution in [3.63, 3.8) is 0 Å². The molecule has 4 rings (SSSR count). The lowest BCUT2D eigenvalue weighted by Gasteiger charge is -2.29. The van der Waals surface area contributed by atoms with Gasteiger partial charge in [0.15, 0.2) is 0 Å². The number of nitrogens with one attached hydrogen (secondary N) is 1. The minimum Gasteiger partial charge on any atom is -0.497 e. The van der Waals surface area contributed by atoms with Gasteiger partial charge in [0.25, 0.3) is 0 Å². The molecule has 0 spiro atoms. The highest BCUT2D eigenvalue weighted by molar-refractivity contribution is 6.39. The number of para-hydroxylation sites is 1. The topological polar surface area (TPSA) is 59.5 Å². The summed E-state index contributed by atoms with van der Waals surface area (Å²) in [6, 6.07) is 9.09. The van der Waals surface area contributed by atoms with Gasteiger partial charge in [-0.2, -0.15) is 0 Å². The minimum atomic E-state index is 0.124. The molecule has 1 fully saturated rings. The van der Waals surface area contributed by atoms with E-state index in [9.17, 15) is 0 Å². The van der Waals surface area contributed by atoms with Crippen LogP contribution in [0.25, 0.3) is 10.9 Å². The first-order valence-electron chi connectivity index (χ1n) is 9.44. The van der Waals surface area contributed by atoms with E-state index in [1.54, 1.807) is 25.3 Å². The summed E-state index contributed by atoms with van der Waals surface area (Å²) in [4.78, 5) is 11.2. The molecule has 8 heteroatoms. The first-order valence-corrected chi connectivity index (χ1v) is 10.2. The SMILES string of the molecule is COc1cc(OC2CCN(C)CC2)c2c(Nc3c(Cl)cccc3Cl)ncnc2c1. The van der Waals surface area contributed by atoms with Crippen LogP contribution >= 0.6 is 23.2 Å². The van der Waals surface area contributed by atoms with Gasteiger partial charge in [0.05, 0.1) is 33.7 Å². The predicted octanol–water partition coefficient (Wildman–Crippen LogP) is 5.16. The molecule has 6 nitrogen and oxygen atoms in total. The monoisotopic (exact) mass is 432 g/mol. The van der Waals surface area contributed by atoms with Gasteiger partial charge in [0.2, 0.25) is 0 Å². The standard InChI is InChI=1S/C21H22Cl2N4O2/c1-27-8-6-13(7-9-27)29-18-11-14(28-2)10-17-19(18)21(25-12-24-17)26-20-15(22)4-3-5-16(20)23/h3-5,10-13H,6-9H2,1-2H3,(H,24,25,26). The summed E-state index contributed by atoms with van der Waals surface area (Å²) in [5.41, 5.74) is 1.31. The van der Waals surface area contributed by atoms with E-state index in [0.717, 1.165) is 31.3 Å². The minimum absolute atomic E-state index is 0.124. The number of benzene rings is 2. The lowest BCUT2D eigenvalue weighted by molar-refractivity contribution is 0.115. The number of anilines is 2. The number of rotatable bonds is 5. The van der Waals surface area contributed by atoms with Crippen LogP contribution in [0.15, 0.2) is 36.7 Å². The van der Waals surface area contributed by atoms with Gasteiger partial charge in [-0.15, -0.1) is 0 Å². The number of ether oxygens (including phenoxy) is 2. The average Bonchev–Trinajstić information content (AvgIpc) is 2.72. The van der Waals surface area contributed by atoms with Gasteiger partial charge >= 0.3 is 0 Å². The summed E-state index contributed by atoms with van der Waals surface area (Å²) in [6.07, 6.45) is 3.54. The summed E-state index contributed by atoms with van der Waals surface area (Å²) in [7, 11) is 3.75. The molecule has 0 amide bonds. The van der Waals surface area contributed by atoms with Gasteiger partial charge < -0.3 is 19.7 Å². The number of nitrogens with zero attached hydrogens (tertiary/aromatic N) is 3. The number of piperidine rings is 1. The van der Waals surface area contributed by atoms with Crippen molar-refractivity contribution in [2.24, 2.45) is 0 Å². The van der Waals surface area contributed by atoms with Crippen LogP contribution in [0.5, 0.6) is 11.5 Å². The largest absolute Gasteiger partial charge is 0.497 e. The van der Waals surface area contributed by atoms with Crippen LogP contribution in [0.1, 0.15) is 12.8 Å². The van der Waals surface area contributed by atoms with Crippen LogP contribution in [0.2, 0.25) is 10.0 Å². The summed E-state index contributed by atoms with van der Waals surface area (Å²) in [6.45, 7) is 2.01. The molecule has 29 heavy (non-hydrogen) atoms. The van der Waals surface area contributed by atoms with E-state index in [2.05, 4.69) is 27.2 Å². The van der Waals surface area contributed by atoms with Crippen LogP contribution in [-0.4, -0.2) is 48.2 Å². The molecule has 1 N–H and O–H groups in total. The summed E-state index contributed by atoms with van der Waals surface area (Å²) >= 11 is 12.7. The second-order valence-electron chi connectivity index (χ2n) is 7.08. The van der Waals surface area contributed by atoms with Crippen LogP contribution in [0, 0.1) is 0 Å². The Balaban J connectivity index is 1.77. The lowest BCUT2D eigenvalue weighted by atomic mass is 10.1. The molecular weight excluding hydrogens is 411 g/mol. The first kappa shape index (κ1) is 20.0. The summed E-state index contributed by atoms with van der Waals surface area (Å²) in [5.74, 6) is 1.94. The zero-order valence-corrected chi connectivity index (χ0v) is 17.8. The van der Waals surface area contributed by atoms with Gasteiger partial charge in [-0.05, 0) is 32.0 Å². The first-order chi connectivity index (χ1) is 14.0. The van der Waals surface area contributed by atoms with Crippen molar-refractivity contribution < 1.29 is 9.47 Å². The molecule has 0 radical (unpaired) electrons. The molecule has 0 unspecified atom stereocenters. The Bertz CT molecular complexity index is 1000. The van der Waals surface area contributed by atoms with Gasteiger partial charge in [-0.1, -0.05) is 29.3 Å². The fraction of sp³-hybridized carbons (Fsp3) is 0.333. The van der Waals surface area contributed by atoms with Gasteiger partial charge in [0.1, 0.15) is 29.7 Å². The molecule has 2 aromatic carbocycles. The number of hydrogen-bond donors (Lipinski definition) is 1. The highest BCUT2D eigenvalue weighted by Gasteiger charge is 2.21. The van der Waals surface area contributed by atoms with Crippen molar-refractivity contribution >= 4 is 45.6 Å². The Morgan fingerprint density at radius 2 is 1.83 bits per heavy atom. The Morgan fingerprint density at radius 3 is 2.52 bits per heavy atom. The molecule has 0 aliphatic carbocycles. The highest BCUT2D eigenvalue weighted by Crippen LogP contribution is 2.39. The molecule has 1 aliphatic heterocycles. The number of fused-ring (bicyclic) bond motifs is 1. The molecule has 1 aliphatic rings. The van der Waals surface area contributed by atoms with Gasteiger partial charge in [0, 0.05) is 25.2 Å². The van der Waals surface area contributed by atoms with E-state index in [1.807, 2.05) is 12.1 Å². The van der Waals surface area contributed by atoms with E-state index >= 15 is 0 Å². The third-order valence-corrected chi connectivity index (χ3v) is 5.71. The average molecular weight is 433 g/mol. The van der Waals surface area contributed by atoms with E-state index in [1.165, 1.54) is 6.33 Å². The maximum absolute atomic E-state index is 6.41. The van der Waals surface area contributed by atoms with Crippen molar-refractivity contribution in [3.8, 4) is 11.5 Å². The van der Waals surface area contributed by atoms with Crippen molar-refractivity contribution in [1.82, 2.24) is 14.9 Å². The second kappa shape index (κ2) is 8.61. The quantitative estimate of drug-likeness (QED) is 0.600. The van der Waals surface area contributed by atoms with E-state index in [0.29, 0.717) is 38.6 Å². The lowest BCUT2D eigenvalue weighted by Crippen LogP contribution is -2.35. The fourth-order valence-corrected chi connectivity index (χ4v) is 3.94. The molecule has 1 aromatic heterocycles. The van der Waals surface area contributed by atoms with Crippen molar-refractivity contribution in [2.75, 3.05) is 32.6 Å². The van der Waals surface area contributed by atoms with E-state index in [-0.39, 0.29) is 6.10 Å². The molecule has 3 aromatic rings. The van der Waals surface area contributed by atoms with E-state index < -0.39 is 0 Å². The Hall–Kier alpha value is -2.28. The van der Waals surface area contributed by atoms with E-state index in [4.69, 9.17) is 32.7 Å². The molecule has 0 atom stereocenters. The van der Waals surface area contributed by atoms with Crippen molar-refractivity contribution in [3.05, 3.63) is 46.7 Å². The molecule has 1 saturated heterocycles. The Kier molecular flexibility index (Phi) is 5.94. The third kappa shape index (κ3) is 4.34. The molecule has 152 valence electrons. The van der Waals surface area contributed by atoms with Crippen LogP contribution in [-0.2, 0) is 0 Å². The Labute approximate surface area is 179 Å². The zero-order valence-electron chi connectivity index (χ0n) is 16.3. The van der Waals surface area contributed by atoms with Crippen LogP contribution in [0.4, 0.5) is 11.5 Å². The fourth-order valence-electron chi connectivity index (χ4n) is 3.45. The Morgan fingerprint density at radius 1 is 1.10 bits per heavy atom.